The van der Waals surface area contributed by atoms with Gasteiger partial charge in [0, 0.05) is 17.8 Å². The SMILES string of the molecule is CC(C)(C(=O)Nc1ccc(F)c(F)c1)C(=O)Nc1ccc(F)cc1F. The lowest BCUT2D eigenvalue weighted by Gasteiger charge is -2.23. The molecule has 0 heterocycles. The minimum absolute atomic E-state index is 0.0438. The Morgan fingerprint density at radius 2 is 1.44 bits per heavy atom. The maximum absolute atomic E-state index is 13.6. The fourth-order valence-corrected chi connectivity index (χ4v) is 1.83. The van der Waals surface area contributed by atoms with Crippen molar-refractivity contribution in [1.82, 2.24) is 0 Å². The molecule has 0 atom stereocenters. The standard InChI is InChI=1S/C17H14F4N2O2/c1-17(2,15(24)22-10-4-5-11(19)12(20)8-10)16(25)23-14-6-3-9(18)7-13(14)21/h3-8H,1-2H3,(H,22,24)(H,23,25). The number of carbonyl (C=O) groups excluding carboxylic acids is 2. The van der Waals surface area contributed by atoms with Crippen molar-refractivity contribution in [2.24, 2.45) is 5.41 Å². The van der Waals surface area contributed by atoms with Gasteiger partial charge in [0.15, 0.2) is 11.6 Å². The van der Waals surface area contributed by atoms with Crippen molar-refractivity contribution >= 4 is 23.2 Å². The zero-order chi connectivity index (χ0) is 18.8. The van der Waals surface area contributed by atoms with Crippen molar-refractivity contribution in [3.05, 3.63) is 59.7 Å². The summed E-state index contributed by atoms with van der Waals surface area (Å²) in [6.45, 7) is 2.53. The number of halogens is 4. The Bertz CT molecular complexity index is 837. The normalized spacial score (nSPS) is 11.1. The van der Waals surface area contributed by atoms with Gasteiger partial charge < -0.3 is 10.6 Å². The second-order valence-corrected chi connectivity index (χ2v) is 5.79. The van der Waals surface area contributed by atoms with E-state index in [1.165, 1.54) is 13.8 Å². The van der Waals surface area contributed by atoms with Gasteiger partial charge in [-0.15, -0.1) is 0 Å². The first-order valence-corrected chi connectivity index (χ1v) is 7.14. The van der Waals surface area contributed by atoms with Crippen LogP contribution in [0.2, 0.25) is 0 Å². The van der Waals surface area contributed by atoms with Gasteiger partial charge in [-0.05, 0) is 38.1 Å². The molecule has 2 aromatic rings. The maximum Gasteiger partial charge on any atom is 0.239 e. The third-order valence-corrected chi connectivity index (χ3v) is 3.49. The molecular weight excluding hydrogens is 340 g/mol. The smallest absolute Gasteiger partial charge is 0.239 e. The highest BCUT2D eigenvalue weighted by Crippen LogP contribution is 2.24. The van der Waals surface area contributed by atoms with Crippen molar-refractivity contribution in [3.8, 4) is 0 Å². The van der Waals surface area contributed by atoms with E-state index in [2.05, 4.69) is 10.6 Å². The molecule has 0 aliphatic rings. The van der Waals surface area contributed by atoms with Crippen LogP contribution < -0.4 is 10.6 Å². The van der Waals surface area contributed by atoms with E-state index in [4.69, 9.17) is 0 Å². The molecule has 2 rings (SSSR count). The van der Waals surface area contributed by atoms with Gasteiger partial charge >= 0.3 is 0 Å². The molecule has 2 aromatic carbocycles. The molecule has 0 radical (unpaired) electrons. The molecule has 0 bridgehead atoms. The molecular formula is C17H14F4N2O2. The molecule has 25 heavy (non-hydrogen) atoms. The van der Waals surface area contributed by atoms with Gasteiger partial charge in [-0.25, -0.2) is 17.6 Å². The van der Waals surface area contributed by atoms with Crippen molar-refractivity contribution in [2.45, 2.75) is 13.8 Å². The summed E-state index contributed by atoms with van der Waals surface area (Å²) in [5.74, 6) is -5.73. The number of rotatable bonds is 4. The van der Waals surface area contributed by atoms with Crippen LogP contribution in [0.3, 0.4) is 0 Å². The highest BCUT2D eigenvalue weighted by Gasteiger charge is 2.36. The molecule has 8 heteroatoms. The highest BCUT2D eigenvalue weighted by atomic mass is 19.2. The first-order chi connectivity index (χ1) is 11.6. The zero-order valence-electron chi connectivity index (χ0n) is 13.3. The average Bonchev–Trinajstić information content (AvgIpc) is 2.53. The quantitative estimate of drug-likeness (QED) is 0.647. The van der Waals surface area contributed by atoms with Gasteiger partial charge in [0.2, 0.25) is 11.8 Å². The molecule has 0 aromatic heterocycles. The lowest BCUT2D eigenvalue weighted by molar-refractivity contribution is -0.135. The van der Waals surface area contributed by atoms with Crippen LogP contribution in [-0.2, 0) is 9.59 Å². The Morgan fingerprint density at radius 3 is 2.04 bits per heavy atom. The number of benzene rings is 2. The van der Waals surface area contributed by atoms with E-state index in [0.717, 1.165) is 30.3 Å². The number of carbonyl (C=O) groups is 2. The molecule has 132 valence electrons. The Kier molecular flexibility index (Phi) is 5.10. The molecule has 0 aliphatic carbocycles. The summed E-state index contributed by atoms with van der Waals surface area (Å²) in [5, 5.41) is 4.47. The topological polar surface area (TPSA) is 58.2 Å². The van der Waals surface area contributed by atoms with Crippen LogP contribution in [0, 0.1) is 28.7 Å². The van der Waals surface area contributed by atoms with Crippen LogP contribution in [-0.4, -0.2) is 11.8 Å². The Morgan fingerprint density at radius 1 is 0.800 bits per heavy atom. The number of amides is 2. The largest absolute Gasteiger partial charge is 0.325 e. The van der Waals surface area contributed by atoms with Gasteiger partial charge in [0.05, 0.1) is 5.69 Å². The number of hydrogen-bond acceptors (Lipinski definition) is 2. The minimum Gasteiger partial charge on any atom is -0.325 e. The van der Waals surface area contributed by atoms with Crippen LogP contribution >= 0.6 is 0 Å². The number of nitrogens with one attached hydrogen (secondary N) is 2. The summed E-state index contributed by atoms with van der Waals surface area (Å²) >= 11 is 0. The first kappa shape index (κ1) is 18.4. The third-order valence-electron chi connectivity index (χ3n) is 3.49. The molecule has 0 aliphatic heterocycles. The fraction of sp³-hybridized carbons (Fsp3) is 0.176. The number of anilines is 2. The van der Waals surface area contributed by atoms with E-state index in [-0.39, 0.29) is 11.4 Å². The predicted octanol–water partition coefficient (Wildman–Crippen LogP) is 3.85. The molecule has 4 nitrogen and oxygen atoms in total. The minimum atomic E-state index is -1.67. The van der Waals surface area contributed by atoms with Gasteiger partial charge in [-0.3, -0.25) is 9.59 Å². The van der Waals surface area contributed by atoms with Crippen molar-refractivity contribution in [1.29, 1.82) is 0 Å². The van der Waals surface area contributed by atoms with E-state index < -0.39 is 40.5 Å². The van der Waals surface area contributed by atoms with Gasteiger partial charge in [0.1, 0.15) is 17.0 Å². The average molecular weight is 354 g/mol. The molecule has 0 saturated carbocycles. The summed E-state index contributed by atoms with van der Waals surface area (Å²) < 4.78 is 52.5. The second-order valence-electron chi connectivity index (χ2n) is 5.79. The van der Waals surface area contributed by atoms with Crippen LogP contribution in [0.25, 0.3) is 0 Å². The molecule has 0 saturated heterocycles. The van der Waals surface area contributed by atoms with E-state index in [1.54, 1.807) is 0 Å². The predicted molar refractivity (Wildman–Crippen MR) is 83.8 cm³/mol. The zero-order valence-corrected chi connectivity index (χ0v) is 13.3. The van der Waals surface area contributed by atoms with Crippen LogP contribution in [0.5, 0.6) is 0 Å². The highest BCUT2D eigenvalue weighted by molar-refractivity contribution is 6.14. The fourth-order valence-electron chi connectivity index (χ4n) is 1.83. The Balaban J connectivity index is 2.13. The Labute approximate surface area is 140 Å². The van der Waals surface area contributed by atoms with Crippen LogP contribution in [0.15, 0.2) is 36.4 Å². The Hall–Kier alpha value is -2.90. The van der Waals surface area contributed by atoms with E-state index in [9.17, 15) is 27.2 Å². The first-order valence-electron chi connectivity index (χ1n) is 7.14. The third kappa shape index (κ3) is 4.14. The van der Waals surface area contributed by atoms with Gasteiger partial charge in [0.25, 0.3) is 0 Å². The summed E-state index contributed by atoms with van der Waals surface area (Å²) in [5.41, 5.74) is -2.01. The van der Waals surface area contributed by atoms with Crippen molar-refractivity contribution in [2.75, 3.05) is 10.6 Å². The second kappa shape index (κ2) is 6.92. The summed E-state index contributed by atoms with van der Waals surface area (Å²) in [6, 6.07) is 5.28. The van der Waals surface area contributed by atoms with E-state index >= 15 is 0 Å². The molecule has 2 N–H and O–H groups in total. The van der Waals surface area contributed by atoms with Crippen molar-refractivity contribution in [3.63, 3.8) is 0 Å². The number of hydrogen-bond donors (Lipinski definition) is 2. The van der Waals surface area contributed by atoms with Crippen molar-refractivity contribution < 1.29 is 27.2 Å². The molecule has 0 unspecified atom stereocenters. The van der Waals surface area contributed by atoms with Crippen LogP contribution in [0.1, 0.15) is 13.8 Å². The molecule has 2 amide bonds. The molecule has 0 fully saturated rings. The summed E-state index contributed by atoms with van der Waals surface area (Å²) in [4.78, 5) is 24.5. The van der Waals surface area contributed by atoms with Gasteiger partial charge in [-0.2, -0.15) is 0 Å². The lowest BCUT2D eigenvalue weighted by atomic mass is 9.90. The van der Waals surface area contributed by atoms with E-state index in [1.807, 2.05) is 0 Å². The summed E-state index contributed by atoms with van der Waals surface area (Å²) in [6.07, 6.45) is 0. The maximum atomic E-state index is 13.6. The van der Waals surface area contributed by atoms with E-state index in [0.29, 0.717) is 6.07 Å². The lowest BCUT2D eigenvalue weighted by Crippen LogP contribution is -2.41. The van der Waals surface area contributed by atoms with Crippen LogP contribution in [0.4, 0.5) is 28.9 Å². The summed E-state index contributed by atoms with van der Waals surface area (Å²) in [7, 11) is 0. The monoisotopic (exact) mass is 354 g/mol. The van der Waals surface area contributed by atoms with Gasteiger partial charge in [-0.1, -0.05) is 0 Å². The molecule has 0 spiro atoms.